The van der Waals surface area contributed by atoms with Gasteiger partial charge in [0.25, 0.3) is 0 Å². The van der Waals surface area contributed by atoms with Crippen molar-refractivity contribution in [2.24, 2.45) is 0 Å². The summed E-state index contributed by atoms with van der Waals surface area (Å²) < 4.78 is 5.40. The Morgan fingerprint density at radius 3 is 2.50 bits per heavy atom. The second kappa shape index (κ2) is 6.32. The summed E-state index contributed by atoms with van der Waals surface area (Å²) in [5, 5.41) is 3.31. The predicted molar refractivity (Wildman–Crippen MR) is 89.0 cm³/mol. The zero-order chi connectivity index (χ0) is 15.5. The minimum atomic E-state index is 0.643. The van der Waals surface area contributed by atoms with E-state index in [2.05, 4.69) is 52.2 Å². The number of ether oxygens (including phenoxy) is 1. The number of benzene rings is 1. The largest absolute Gasteiger partial charge is 0.378 e. The van der Waals surface area contributed by atoms with Gasteiger partial charge in [-0.15, -0.1) is 0 Å². The van der Waals surface area contributed by atoms with Crippen molar-refractivity contribution >= 4 is 17.5 Å². The standard InChI is InChI=1S/C17H22N4O/c1-12-4-5-15(10-13(12)2)19-17-18-14(3)11-16(20-17)21-6-8-22-9-7-21/h4-5,10-11H,6-9H2,1-3H3,(H,18,19,20). The van der Waals surface area contributed by atoms with E-state index in [9.17, 15) is 0 Å². The van der Waals surface area contributed by atoms with Gasteiger partial charge in [0, 0.05) is 30.5 Å². The Labute approximate surface area is 131 Å². The van der Waals surface area contributed by atoms with Crippen molar-refractivity contribution in [1.82, 2.24) is 9.97 Å². The zero-order valence-electron chi connectivity index (χ0n) is 13.4. The third kappa shape index (κ3) is 3.36. The molecule has 0 atom stereocenters. The van der Waals surface area contributed by atoms with Crippen LogP contribution in [0.25, 0.3) is 0 Å². The molecular weight excluding hydrogens is 276 g/mol. The van der Waals surface area contributed by atoms with Crippen LogP contribution >= 0.6 is 0 Å². The number of anilines is 3. The summed E-state index contributed by atoms with van der Waals surface area (Å²) in [5.74, 6) is 1.60. The highest BCUT2D eigenvalue weighted by Gasteiger charge is 2.14. The van der Waals surface area contributed by atoms with Crippen molar-refractivity contribution in [3.8, 4) is 0 Å². The van der Waals surface area contributed by atoms with Crippen LogP contribution < -0.4 is 10.2 Å². The molecule has 1 fully saturated rings. The molecule has 1 aromatic carbocycles. The predicted octanol–water partition coefficient (Wildman–Crippen LogP) is 2.98. The SMILES string of the molecule is Cc1cc(N2CCOCC2)nc(Nc2ccc(C)c(C)c2)n1. The third-order valence-electron chi connectivity index (χ3n) is 3.94. The lowest BCUT2D eigenvalue weighted by atomic mass is 10.1. The summed E-state index contributed by atoms with van der Waals surface area (Å²) in [6.07, 6.45) is 0. The van der Waals surface area contributed by atoms with E-state index in [-0.39, 0.29) is 0 Å². The van der Waals surface area contributed by atoms with Gasteiger partial charge in [0.2, 0.25) is 5.95 Å². The van der Waals surface area contributed by atoms with Gasteiger partial charge in [0.15, 0.2) is 0 Å². The molecule has 2 heterocycles. The first-order valence-electron chi connectivity index (χ1n) is 7.64. The third-order valence-corrected chi connectivity index (χ3v) is 3.94. The Morgan fingerprint density at radius 1 is 1.00 bits per heavy atom. The van der Waals surface area contributed by atoms with Crippen molar-refractivity contribution in [2.45, 2.75) is 20.8 Å². The first kappa shape index (κ1) is 14.8. The molecule has 0 aliphatic carbocycles. The minimum absolute atomic E-state index is 0.643. The Kier molecular flexibility index (Phi) is 4.24. The van der Waals surface area contributed by atoms with Crippen molar-refractivity contribution in [3.63, 3.8) is 0 Å². The van der Waals surface area contributed by atoms with Gasteiger partial charge in [0.05, 0.1) is 13.2 Å². The van der Waals surface area contributed by atoms with Gasteiger partial charge < -0.3 is 15.0 Å². The summed E-state index contributed by atoms with van der Waals surface area (Å²) >= 11 is 0. The van der Waals surface area contributed by atoms with Gasteiger partial charge in [-0.05, 0) is 44.0 Å². The average Bonchev–Trinajstić information content (AvgIpc) is 2.51. The van der Waals surface area contributed by atoms with Crippen LogP contribution in [0.4, 0.5) is 17.5 Å². The molecule has 5 nitrogen and oxygen atoms in total. The fraction of sp³-hybridized carbons (Fsp3) is 0.412. The molecule has 0 radical (unpaired) electrons. The molecule has 1 N–H and O–H groups in total. The zero-order valence-corrected chi connectivity index (χ0v) is 13.4. The molecule has 22 heavy (non-hydrogen) atoms. The lowest BCUT2D eigenvalue weighted by Crippen LogP contribution is -2.36. The molecule has 3 rings (SSSR count). The quantitative estimate of drug-likeness (QED) is 0.944. The number of nitrogens with zero attached hydrogens (tertiary/aromatic N) is 3. The van der Waals surface area contributed by atoms with E-state index < -0.39 is 0 Å². The molecule has 116 valence electrons. The lowest BCUT2D eigenvalue weighted by Gasteiger charge is -2.28. The summed E-state index contributed by atoms with van der Waals surface area (Å²) in [6, 6.07) is 8.31. The lowest BCUT2D eigenvalue weighted by molar-refractivity contribution is 0.122. The maximum absolute atomic E-state index is 5.40. The van der Waals surface area contributed by atoms with Gasteiger partial charge in [-0.1, -0.05) is 6.07 Å². The maximum atomic E-state index is 5.40. The van der Waals surface area contributed by atoms with Crippen LogP contribution in [-0.4, -0.2) is 36.3 Å². The van der Waals surface area contributed by atoms with E-state index in [1.807, 2.05) is 13.0 Å². The molecule has 0 unspecified atom stereocenters. The maximum Gasteiger partial charge on any atom is 0.229 e. The van der Waals surface area contributed by atoms with E-state index in [0.717, 1.165) is 43.5 Å². The molecule has 1 saturated heterocycles. The summed E-state index contributed by atoms with van der Waals surface area (Å²) in [6.45, 7) is 9.47. The minimum Gasteiger partial charge on any atom is -0.378 e. The fourth-order valence-corrected chi connectivity index (χ4v) is 2.51. The van der Waals surface area contributed by atoms with Crippen LogP contribution in [0.2, 0.25) is 0 Å². The smallest absolute Gasteiger partial charge is 0.229 e. The second-order valence-electron chi connectivity index (χ2n) is 5.71. The average molecular weight is 298 g/mol. The molecule has 2 aromatic rings. The second-order valence-corrected chi connectivity index (χ2v) is 5.71. The summed E-state index contributed by atoms with van der Waals surface area (Å²) in [7, 11) is 0. The topological polar surface area (TPSA) is 50.3 Å². The van der Waals surface area contributed by atoms with Crippen molar-refractivity contribution in [1.29, 1.82) is 0 Å². The number of aryl methyl sites for hydroxylation is 3. The molecule has 0 bridgehead atoms. The number of morpholine rings is 1. The van der Waals surface area contributed by atoms with Crippen LogP contribution in [0, 0.1) is 20.8 Å². The molecule has 0 amide bonds. The van der Waals surface area contributed by atoms with E-state index in [1.54, 1.807) is 0 Å². The molecule has 1 aliphatic rings. The monoisotopic (exact) mass is 298 g/mol. The van der Waals surface area contributed by atoms with E-state index in [0.29, 0.717) is 5.95 Å². The Balaban J connectivity index is 1.83. The van der Waals surface area contributed by atoms with Gasteiger partial charge in [-0.25, -0.2) is 4.98 Å². The molecule has 0 saturated carbocycles. The first-order valence-corrected chi connectivity index (χ1v) is 7.64. The highest BCUT2D eigenvalue weighted by molar-refractivity contribution is 5.57. The highest BCUT2D eigenvalue weighted by atomic mass is 16.5. The van der Waals surface area contributed by atoms with E-state index in [1.165, 1.54) is 11.1 Å². The molecule has 5 heteroatoms. The molecule has 0 spiro atoms. The summed E-state index contributed by atoms with van der Waals surface area (Å²) in [4.78, 5) is 11.4. The number of hydrogen-bond donors (Lipinski definition) is 1. The van der Waals surface area contributed by atoms with Crippen molar-refractivity contribution in [2.75, 3.05) is 36.5 Å². The number of aromatic nitrogens is 2. The van der Waals surface area contributed by atoms with Crippen LogP contribution in [0.15, 0.2) is 24.3 Å². The summed E-state index contributed by atoms with van der Waals surface area (Å²) in [5.41, 5.74) is 4.51. The Bertz CT molecular complexity index is 666. The number of nitrogens with one attached hydrogen (secondary N) is 1. The van der Waals surface area contributed by atoms with Crippen molar-refractivity contribution < 1.29 is 4.74 Å². The van der Waals surface area contributed by atoms with Crippen LogP contribution in [0.1, 0.15) is 16.8 Å². The molecule has 1 aromatic heterocycles. The Morgan fingerprint density at radius 2 is 1.77 bits per heavy atom. The number of hydrogen-bond acceptors (Lipinski definition) is 5. The van der Waals surface area contributed by atoms with Gasteiger partial charge in [-0.3, -0.25) is 0 Å². The molecular formula is C17H22N4O. The fourth-order valence-electron chi connectivity index (χ4n) is 2.51. The Hall–Kier alpha value is -2.14. The van der Waals surface area contributed by atoms with Gasteiger partial charge >= 0.3 is 0 Å². The highest BCUT2D eigenvalue weighted by Crippen LogP contribution is 2.21. The van der Waals surface area contributed by atoms with Gasteiger partial charge in [-0.2, -0.15) is 4.98 Å². The van der Waals surface area contributed by atoms with Crippen LogP contribution in [-0.2, 0) is 4.74 Å². The first-order chi connectivity index (χ1) is 10.6. The van der Waals surface area contributed by atoms with E-state index >= 15 is 0 Å². The van der Waals surface area contributed by atoms with Crippen LogP contribution in [0.3, 0.4) is 0 Å². The van der Waals surface area contributed by atoms with Crippen molar-refractivity contribution in [3.05, 3.63) is 41.1 Å². The van der Waals surface area contributed by atoms with E-state index in [4.69, 9.17) is 4.74 Å². The van der Waals surface area contributed by atoms with Gasteiger partial charge in [0.1, 0.15) is 5.82 Å². The normalized spacial score (nSPS) is 15.0. The number of rotatable bonds is 3. The van der Waals surface area contributed by atoms with Crippen LogP contribution in [0.5, 0.6) is 0 Å². The molecule has 1 aliphatic heterocycles.